The molecule has 0 saturated heterocycles. The van der Waals surface area contributed by atoms with Gasteiger partial charge in [0.15, 0.2) is 0 Å². The molecule has 20 heavy (non-hydrogen) atoms. The molecule has 0 aliphatic heterocycles. The maximum absolute atomic E-state index is 11.8. The van der Waals surface area contributed by atoms with Gasteiger partial charge in [0, 0.05) is 16.8 Å². The van der Waals surface area contributed by atoms with Crippen molar-refractivity contribution >= 4 is 23.3 Å². The molecular formula is C16H17ClN2O. The van der Waals surface area contributed by atoms with Gasteiger partial charge < -0.3 is 10.6 Å². The van der Waals surface area contributed by atoms with E-state index in [0.717, 1.165) is 16.3 Å². The lowest BCUT2D eigenvalue weighted by molar-refractivity contribution is 0.249. The predicted octanol–water partition coefficient (Wildman–Crippen LogP) is 4.09. The second-order valence-electron chi connectivity index (χ2n) is 4.66. The number of carbonyl (C=O) groups is 1. The largest absolute Gasteiger partial charge is 0.335 e. The van der Waals surface area contributed by atoms with Gasteiger partial charge in [0.05, 0.1) is 0 Å². The Morgan fingerprint density at radius 3 is 2.45 bits per heavy atom. The Labute approximate surface area is 124 Å². The smallest absolute Gasteiger partial charge is 0.319 e. The van der Waals surface area contributed by atoms with Crippen LogP contribution in [-0.2, 0) is 6.42 Å². The third-order valence-corrected chi connectivity index (χ3v) is 3.26. The van der Waals surface area contributed by atoms with Crippen molar-refractivity contribution in [3.05, 3.63) is 65.2 Å². The summed E-state index contributed by atoms with van der Waals surface area (Å²) in [6.45, 7) is 1.95. The Morgan fingerprint density at radius 2 is 1.75 bits per heavy atom. The van der Waals surface area contributed by atoms with E-state index in [4.69, 9.17) is 11.6 Å². The molecule has 0 bridgehead atoms. The summed E-state index contributed by atoms with van der Waals surface area (Å²) in [5.41, 5.74) is 1.80. The Morgan fingerprint density at radius 1 is 1.10 bits per heavy atom. The summed E-state index contributed by atoms with van der Waals surface area (Å²) in [4.78, 5) is 11.8. The Balaban J connectivity index is 1.87. The Hall–Kier alpha value is -2.00. The molecule has 2 rings (SSSR count). The number of halogens is 1. The minimum Gasteiger partial charge on any atom is -0.335 e. The van der Waals surface area contributed by atoms with E-state index in [-0.39, 0.29) is 12.1 Å². The fourth-order valence-electron chi connectivity index (χ4n) is 1.96. The molecule has 0 aliphatic carbocycles. The van der Waals surface area contributed by atoms with Crippen LogP contribution in [-0.4, -0.2) is 12.1 Å². The van der Waals surface area contributed by atoms with Crippen molar-refractivity contribution in [2.75, 3.05) is 5.32 Å². The molecule has 4 heteroatoms. The van der Waals surface area contributed by atoms with Crippen molar-refractivity contribution in [3.8, 4) is 0 Å². The number of hydrogen-bond acceptors (Lipinski definition) is 1. The van der Waals surface area contributed by atoms with E-state index < -0.39 is 0 Å². The first-order valence-electron chi connectivity index (χ1n) is 6.51. The lowest BCUT2D eigenvalue weighted by Crippen LogP contribution is -2.37. The van der Waals surface area contributed by atoms with Crippen LogP contribution in [0.5, 0.6) is 0 Å². The second kappa shape index (κ2) is 6.96. The third-order valence-electron chi connectivity index (χ3n) is 2.89. The zero-order valence-electron chi connectivity index (χ0n) is 11.3. The molecule has 0 aliphatic rings. The minimum absolute atomic E-state index is 0.00128. The van der Waals surface area contributed by atoms with Crippen LogP contribution in [0.1, 0.15) is 12.5 Å². The highest BCUT2D eigenvalue weighted by Gasteiger charge is 2.09. The fourth-order valence-corrected chi connectivity index (χ4v) is 2.17. The molecule has 104 valence electrons. The lowest BCUT2D eigenvalue weighted by Gasteiger charge is -2.15. The van der Waals surface area contributed by atoms with Crippen molar-refractivity contribution < 1.29 is 4.79 Å². The zero-order valence-corrected chi connectivity index (χ0v) is 12.0. The quantitative estimate of drug-likeness (QED) is 0.874. The minimum atomic E-state index is -0.212. The number of hydrogen-bond donors (Lipinski definition) is 2. The highest BCUT2D eigenvalue weighted by Crippen LogP contribution is 2.16. The van der Waals surface area contributed by atoms with Crippen LogP contribution >= 0.6 is 11.6 Å². The first-order valence-corrected chi connectivity index (χ1v) is 6.89. The molecule has 0 spiro atoms. The molecule has 0 saturated carbocycles. The summed E-state index contributed by atoms with van der Waals surface area (Å²) in [6, 6.07) is 16.8. The number of anilines is 1. The van der Waals surface area contributed by atoms with Crippen molar-refractivity contribution in [2.24, 2.45) is 0 Å². The second-order valence-corrected chi connectivity index (χ2v) is 5.07. The Kier molecular flexibility index (Phi) is 5.02. The lowest BCUT2D eigenvalue weighted by atomic mass is 10.1. The van der Waals surface area contributed by atoms with E-state index in [1.165, 1.54) is 0 Å². The molecule has 0 fully saturated rings. The molecule has 0 heterocycles. The third kappa shape index (κ3) is 4.28. The first-order chi connectivity index (χ1) is 9.65. The van der Waals surface area contributed by atoms with Crippen LogP contribution in [0.15, 0.2) is 54.6 Å². The molecule has 2 amide bonds. The van der Waals surface area contributed by atoms with E-state index in [0.29, 0.717) is 6.42 Å². The van der Waals surface area contributed by atoms with Crippen molar-refractivity contribution in [3.63, 3.8) is 0 Å². The monoisotopic (exact) mass is 288 g/mol. The average Bonchev–Trinajstić information content (AvgIpc) is 2.42. The summed E-state index contributed by atoms with van der Waals surface area (Å²) in [5.74, 6) is 0. The van der Waals surface area contributed by atoms with Gasteiger partial charge in [-0.05, 0) is 37.1 Å². The van der Waals surface area contributed by atoms with E-state index in [9.17, 15) is 4.79 Å². The summed E-state index contributed by atoms with van der Waals surface area (Å²) < 4.78 is 0. The number of amides is 2. The molecule has 0 unspecified atom stereocenters. The topological polar surface area (TPSA) is 41.1 Å². The van der Waals surface area contributed by atoms with Gasteiger partial charge in [-0.1, -0.05) is 48.0 Å². The maximum atomic E-state index is 11.8. The number of rotatable bonds is 4. The predicted molar refractivity (Wildman–Crippen MR) is 83.2 cm³/mol. The number of benzene rings is 2. The van der Waals surface area contributed by atoms with E-state index in [1.54, 1.807) is 0 Å². The molecular weight excluding hydrogens is 272 g/mol. The normalized spacial score (nSPS) is 11.7. The highest BCUT2D eigenvalue weighted by molar-refractivity contribution is 6.31. The van der Waals surface area contributed by atoms with Crippen LogP contribution in [0.25, 0.3) is 0 Å². The van der Waals surface area contributed by atoms with E-state index in [2.05, 4.69) is 10.6 Å². The van der Waals surface area contributed by atoms with Crippen LogP contribution in [0.3, 0.4) is 0 Å². The van der Waals surface area contributed by atoms with Crippen LogP contribution < -0.4 is 10.6 Å². The van der Waals surface area contributed by atoms with Crippen molar-refractivity contribution in [2.45, 2.75) is 19.4 Å². The van der Waals surface area contributed by atoms with Gasteiger partial charge >= 0.3 is 6.03 Å². The highest BCUT2D eigenvalue weighted by atomic mass is 35.5. The maximum Gasteiger partial charge on any atom is 0.319 e. The number of carbonyl (C=O) groups excluding carboxylic acids is 1. The van der Waals surface area contributed by atoms with E-state index in [1.807, 2.05) is 61.5 Å². The van der Waals surface area contributed by atoms with Crippen LogP contribution in [0.4, 0.5) is 10.5 Å². The van der Waals surface area contributed by atoms with Gasteiger partial charge in [0.2, 0.25) is 0 Å². The van der Waals surface area contributed by atoms with E-state index >= 15 is 0 Å². The number of nitrogens with one attached hydrogen (secondary N) is 2. The van der Waals surface area contributed by atoms with Gasteiger partial charge in [-0.3, -0.25) is 0 Å². The number of urea groups is 1. The summed E-state index contributed by atoms with van der Waals surface area (Å²) >= 11 is 6.11. The van der Waals surface area contributed by atoms with Crippen molar-refractivity contribution in [1.82, 2.24) is 5.32 Å². The summed E-state index contributed by atoms with van der Waals surface area (Å²) in [7, 11) is 0. The molecule has 2 N–H and O–H groups in total. The van der Waals surface area contributed by atoms with Crippen LogP contribution in [0, 0.1) is 0 Å². The molecule has 1 atom stereocenters. The molecule has 0 radical (unpaired) electrons. The summed E-state index contributed by atoms with van der Waals surface area (Å²) in [5, 5.41) is 6.41. The average molecular weight is 289 g/mol. The Bertz CT molecular complexity index is 572. The molecule has 0 aromatic heterocycles. The van der Waals surface area contributed by atoms with Gasteiger partial charge in [0.25, 0.3) is 0 Å². The number of para-hydroxylation sites is 1. The first kappa shape index (κ1) is 14.4. The van der Waals surface area contributed by atoms with Gasteiger partial charge in [-0.15, -0.1) is 0 Å². The molecule has 2 aromatic carbocycles. The zero-order chi connectivity index (χ0) is 14.4. The molecule has 3 nitrogen and oxygen atoms in total. The fraction of sp³-hybridized carbons (Fsp3) is 0.188. The SMILES string of the molecule is C[C@@H](Cc1ccccc1Cl)NC(=O)Nc1ccccc1. The van der Waals surface area contributed by atoms with Gasteiger partial charge in [0.1, 0.15) is 0 Å². The van der Waals surface area contributed by atoms with Crippen LogP contribution in [0.2, 0.25) is 5.02 Å². The van der Waals surface area contributed by atoms with Gasteiger partial charge in [-0.25, -0.2) is 4.79 Å². The summed E-state index contributed by atoms with van der Waals surface area (Å²) in [6.07, 6.45) is 0.696. The standard InChI is InChI=1S/C16H17ClN2O/c1-12(11-13-7-5-6-10-15(13)17)18-16(20)19-14-8-3-2-4-9-14/h2-10,12H,11H2,1H3,(H2,18,19,20)/t12-/m0/s1. The van der Waals surface area contributed by atoms with Crippen molar-refractivity contribution in [1.29, 1.82) is 0 Å². The molecule has 2 aromatic rings. The van der Waals surface area contributed by atoms with Gasteiger partial charge in [-0.2, -0.15) is 0 Å².